The molecule has 0 atom stereocenters. The lowest BCUT2D eigenvalue weighted by Gasteiger charge is -2.32. The number of hydrogen-bond donors (Lipinski definition) is 0. The minimum absolute atomic E-state index is 0.365. The second-order valence-corrected chi connectivity index (χ2v) is 6.77. The van der Waals surface area contributed by atoms with E-state index in [1.165, 1.54) is 25.6 Å². The molecule has 2 rings (SSSR count). The predicted molar refractivity (Wildman–Crippen MR) is 89.5 cm³/mol. The minimum Gasteiger partial charge on any atom is -0.422 e. The number of esters is 2. The summed E-state index contributed by atoms with van der Waals surface area (Å²) in [5.41, 5.74) is 0.702. The first-order valence-corrected chi connectivity index (χ1v) is 8.47. The molecular formula is C14H14INO4S. The van der Waals surface area contributed by atoms with Crippen LogP contribution in [0.2, 0.25) is 0 Å². The van der Waals surface area contributed by atoms with Crippen molar-refractivity contribution >= 4 is 57.0 Å². The number of thioether (sulfide) groups is 1. The smallest absolute Gasteiger partial charge is 0.330 e. The summed E-state index contributed by atoms with van der Waals surface area (Å²) in [6.07, 6.45) is 1.76. The molecule has 0 amide bonds. The van der Waals surface area contributed by atoms with Crippen LogP contribution in [0.4, 0.5) is 5.69 Å². The molecule has 0 aromatic heterocycles. The fourth-order valence-corrected chi connectivity index (χ4v) is 2.94. The first-order chi connectivity index (χ1) is 9.84. The topological polar surface area (TPSA) is 65.0 Å². The summed E-state index contributed by atoms with van der Waals surface area (Å²) in [7, 11) is 0. The van der Waals surface area contributed by atoms with Gasteiger partial charge in [0.1, 0.15) is 0 Å². The summed E-state index contributed by atoms with van der Waals surface area (Å²) >= 11 is 3.38. The van der Waals surface area contributed by atoms with Gasteiger partial charge in [0.05, 0.1) is 10.7 Å². The zero-order valence-electron chi connectivity index (χ0n) is 11.8. The second kappa shape index (κ2) is 6.35. The molecular weight excluding hydrogens is 405 g/mol. The van der Waals surface area contributed by atoms with E-state index in [1.54, 1.807) is 6.26 Å². The number of benzene rings is 1. The van der Waals surface area contributed by atoms with E-state index in [0.29, 0.717) is 10.7 Å². The number of ether oxygens (including phenoxy) is 2. The molecule has 1 fully saturated rings. The van der Waals surface area contributed by atoms with Crippen LogP contribution in [-0.2, 0) is 19.1 Å². The van der Waals surface area contributed by atoms with Crippen LogP contribution in [0.15, 0.2) is 29.3 Å². The molecule has 21 heavy (non-hydrogen) atoms. The Labute approximate surface area is 140 Å². The van der Waals surface area contributed by atoms with E-state index in [9.17, 15) is 9.59 Å². The number of rotatable bonds is 2. The first-order valence-electron chi connectivity index (χ1n) is 6.17. The minimum atomic E-state index is -1.23. The maximum atomic E-state index is 12.1. The Hall–Kier alpha value is -1.09. The first kappa shape index (κ1) is 16.3. The number of cyclic esters (lactones) is 2. The van der Waals surface area contributed by atoms with Crippen LogP contribution in [-0.4, -0.2) is 29.0 Å². The van der Waals surface area contributed by atoms with Gasteiger partial charge >= 0.3 is 11.9 Å². The number of nitrogens with zero attached hydrogens (tertiary/aromatic N) is 1. The van der Waals surface area contributed by atoms with Crippen molar-refractivity contribution in [3.05, 3.63) is 27.8 Å². The zero-order chi connectivity index (χ0) is 15.6. The Morgan fingerprint density at radius 1 is 1.24 bits per heavy atom. The molecule has 1 heterocycles. The summed E-state index contributed by atoms with van der Waals surface area (Å²) in [6.45, 7) is 3.05. The van der Waals surface area contributed by atoms with Crippen molar-refractivity contribution in [3.8, 4) is 0 Å². The fourth-order valence-electron chi connectivity index (χ4n) is 1.81. The lowest BCUT2D eigenvalue weighted by molar-refractivity contribution is -0.235. The van der Waals surface area contributed by atoms with Crippen molar-refractivity contribution in [1.29, 1.82) is 0 Å². The Kier molecular flexibility index (Phi) is 4.92. The summed E-state index contributed by atoms with van der Waals surface area (Å²) in [4.78, 5) is 28.6. The van der Waals surface area contributed by atoms with E-state index < -0.39 is 23.6 Å². The van der Waals surface area contributed by atoms with Crippen molar-refractivity contribution in [2.24, 2.45) is 10.9 Å². The third-order valence-corrected chi connectivity index (χ3v) is 4.36. The van der Waals surface area contributed by atoms with Crippen LogP contribution in [0, 0.1) is 9.49 Å². The highest BCUT2D eigenvalue weighted by Crippen LogP contribution is 2.29. The van der Waals surface area contributed by atoms with Gasteiger partial charge in [-0.15, -0.1) is 11.8 Å². The van der Waals surface area contributed by atoms with Crippen LogP contribution >= 0.6 is 34.4 Å². The highest BCUT2D eigenvalue weighted by atomic mass is 127. The third-order valence-electron chi connectivity index (χ3n) is 2.70. The standard InChI is InChI=1S/C14H14INO4S/c1-14(2)19-12(17)10(13(18)20-14)11(21-3)16-9-7-5-4-6-8(9)15/h4-7,10H,1-3H3. The lowest BCUT2D eigenvalue weighted by Crippen LogP contribution is -2.48. The molecule has 1 aromatic carbocycles. The van der Waals surface area contributed by atoms with Gasteiger partial charge in [0.2, 0.25) is 5.92 Å². The Morgan fingerprint density at radius 2 is 1.81 bits per heavy atom. The van der Waals surface area contributed by atoms with Gasteiger partial charge < -0.3 is 9.47 Å². The molecule has 0 aliphatic carbocycles. The van der Waals surface area contributed by atoms with Crippen LogP contribution in [0.1, 0.15) is 13.8 Å². The Bertz CT molecular complexity index is 595. The average Bonchev–Trinajstić information content (AvgIpc) is 2.37. The summed E-state index contributed by atoms with van der Waals surface area (Å²) in [5.74, 6) is -3.61. The number of aliphatic imine (C=N–C) groups is 1. The number of para-hydroxylation sites is 1. The van der Waals surface area contributed by atoms with Crippen molar-refractivity contribution in [2.45, 2.75) is 19.6 Å². The van der Waals surface area contributed by atoms with Gasteiger partial charge in [0.25, 0.3) is 5.79 Å². The van der Waals surface area contributed by atoms with E-state index in [-0.39, 0.29) is 0 Å². The quantitative estimate of drug-likeness (QED) is 0.242. The van der Waals surface area contributed by atoms with E-state index in [1.807, 2.05) is 24.3 Å². The molecule has 112 valence electrons. The number of halogens is 1. The molecule has 1 aromatic rings. The van der Waals surface area contributed by atoms with Gasteiger partial charge in [-0.25, -0.2) is 4.99 Å². The van der Waals surface area contributed by atoms with E-state index >= 15 is 0 Å². The molecule has 1 aliphatic heterocycles. The van der Waals surface area contributed by atoms with Crippen LogP contribution in [0.3, 0.4) is 0 Å². The SMILES string of the molecule is CSC(=Nc1ccccc1I)C1C(=O)OC(C)(C)OC1=O. The molecule has 0 bridgehead atoms. The van der Waals surface area contributed by atoms with Crippen molar-refractivity contribution in [2.75, 3.05) is 6.26 Å². The van der Waals surface area contributed by atoms with Crippen molar-refractivity contribution in [1.82, 2.24) is 0 Å². The molecule has 1 saturated heterocycles. The zero-order valence-corrected chi connectivity index (χ0v) is 14.7. The predicted octanol–water partition coefficient (Wildman–Crippen LogP) is 3.14. The third kappa shape index (κ3) is 3.76. The van der Waals surface area contributed by atoms with Gasteiger partial charge in [-0.05, 0) is 41.0 Å². The second-order valence-electron chi connectivity index (χ2n) is 4.78. The molecule has 0 unspecified atom stereocenters. The monoisotopic (exact) mass is 419 g/mol. The number of carbonyl (C=O) groups excluding carboxylic acids is 2. The summed E-state index contributed by atoms with van der Waals surface area (Å²) < 4.78 is 11.2. The van der Waals surface area contributed by atoms with Crippen LogP contribution < -0.4 is 0 Å². The van der Waals surface area contributed by atoms with Gasteiger partial charge in [-0.3, -0.25) is 9.59 Å². The van der Waals surface area contributed by atoms with Crippen LogP contribution in [0.5, 0.6) is 0 Å². The van der Waals surface area contributed by atoms with Gasteiger partial charge in [-0.1, -0.05) is 12.1 Å². The number of carbonyl (C=O) groups is 2. The van der Waals surface area contributed by atoms with Gasteiger partial charge in [0, 0.05) is 17.4 Å². The Balaban J connectivity index is 2.36. The highest BCUT2D eigenvalue weighted by Gasteiger charge is 2.45. The molecule has 5 nitrogen and oxygen atoms in total. The van der Waals surface area contributed by atoms with E-state index in [4.69, 9.17) is 9.47 Å². The van der Waals surface area contributed by atoms with Crippen LogP contribution in [0.25, 0.3) is 0 Å². The van der Waals surface area contributed by atoms with Gasteiger partial charge in [0.15, 0.2) is 0 Å². The molecule has 1 aliphatic rings. The van der Waals surface area contributed by atoms with Gasteiger partial charge in [-0.2, -0.15) is 0 Å². The molecule has 0 spiro atoms. The van der Waals surface area contributed by atoms with Crippen molar-refractivity contribution in [3.63, 3.8) is 0 Å². The summed E-state index contributed by atoms with van der Waals surface area (Å²) in [6, 6.07) is 7.46. The molecule has 0 N–H and O–H groups in total. The maximum absolute atomic E-state index is 12.1. The largest absolute Gasteiger partial charge is 0.422 e. The molecule has 0 saturated carbocycles. The summed E-state index contributed by atoms with van der Waals surface area (Å²) in [5, 5.41) is 0.365. The number of hydrogen-bond acceptors (Lipinski definition) is 6. The van der Waals surface area contributed by atoms with Crippen molar-refractivity contribution < 1.29 is 19.1 Å². The normalized spacial score (nSPS) is 19.1. The average molecular weight is 419 g/mol. The Morgan fingerprint density at radius 3 is 2.33 bits per heavy atom. The van der Waals surface area contributed by atoms with E-state index in [0.717, 1.165) is 3.57 Å². The molecule has 0 radical (unpaired) electrons. The van der Waals surface area contributed by atoms with E-state index in [2.05, 4.69) is 27.6 Å². The molecule has 7 heteroatoms. The fraction of sp³-hybridized carbons (Fsp3) is 0.357. The highest BCUT2D eigenvalue weighted by molar-refractivity contribution is 14.1. The lowest BCUT2D eigenvalue weighted by atomic mass is 10.1. The maximum Gasteiger partial charge on any atom is 0.330 e.